The number of rotatable bonds is 2. The lowest BCUT2D eigenvalue weighted by Gasteiger charge is -2.04. The Balaban J connectivity index is 3.00. The number of nitrogens with zero attached hydrogens (tertiary/aromatic N) is 2. The van der Waals surface area contributed by atoms with E-state index in [-0.39, 0.29) is 0 Å². The van der Waals surface area contributed by atoms with E-state index in [1.165, 1.54) is 11.8 Å². The van der Waals surface area contributed by atoms with E-state index in [2.05, 4.69) is 10.3 Å². The molecule has 0 spiro atoms. The molecule has 0 bridgehead atoms. The Labute approximate surface area is 93.0 Å². The second-order valence-electron chi connectivity index (χ2n) is 2.53. The molecule has 1 aromatic carbocycles. The maximum Gasteiger partial charge on any atom is 0.183 e. The Hall–Kier alpha value is -1.67. The van der Waals surface area contributed by atoms with Crippen LogP contribution < -0.4 is 10.1 Å². The van der Waals surface area contributed by atoms with Gasteiger partial charge in [-0.15, -0.1) is 0 Å². The highest BCUT2D eigenvalue weighted by atomic mass is 32.2. The number of methoxy groups -OCH3 is 1. The molecule has 1 N–H and O–H groups in total. The molecule has 1 rings (SSSR count). The van der Waals surface area contributed by atoms with Crippen LogP contribution in [0.15, 0.2) is 29.3 Å². The van der Waals surface area contributed by atoms with Crippen LogP contribution in [0.5, 0.6) is 5.75 Å². The molecule has 4 nitrogen and oxygen atoms in total. The van der Waals surface area contributed by atoms with E-state index in [4.69, 9.17) is 10.00 Å². The van der Waals surface area contributed by atoms with Crippen molar-refractivity contribution in [3.05, 3.63) is 24.3 Å². The molecule has 0 saturated heterocycles. The lowest BCUT2D eigenvalue weighted by atomic mass is 10.3. The van der Waals surface area contributed by atoms with Gasteiger partial charge in [-0.1, -0.05) is 23.9 Å². The van der Waals surface area contributed by atoms with Gasteiger partial charge in [0.1, 0.15) is 11.4 Å². The van der Waals surface area contributed by atoms with Crippen molar-refractivity contribution in [1.29, 1.82) is 5.26 Å². The molecule has 0 atom stereocenters. The van der Waals surface area contributed by atoms with E-state index < -0.39 is 0 Å². The van der Waals surface area contributed by atoms with Gasteiger partial charge in [0.2, 0.25) is 0 Å². The molecular formula is C10H11N3OS. The van der Waals surface area contributed by atoms with Gasteiger partial charge in [-0.05, 0) is 18.4 Å². The van der Waals surface area contributed by atoms with Crippen LogP contribution >= 0.6 is 11.8 Å². The third kappa shape index (κ3) is 3.18. The minimum Gasteiger partial charge on any atom is -0.494 e. The molecule has 0 aromatic heterocycles. The minimum absolute atomic E-state index is 0.544. The van der Waals surface area contributed by atoms with Crippen LogP contribution in [0.25, 0.3) is 0 Å². The number of amidine groups is 1. The highest BCUT2D eigenvalue weighted by Gasteiger charge is 2.01. The average Bonchev–Trinajstić information content (AvgIpc) is 2.29. The maximum absolute atomic E-state index is 8.49. The van der Waals surface area contributed by atoms with Gasteiger partial charge in [0, 0.05) is 0 Å². The smallest absolute Gasteiger partial charge is 0.183 e. The highest BCUT2D eigenvalue weighted by Crippen LogP contribution is 2.26. The standard InChI is InChI=1S/C10H11N3OS/c1-14-9-6-4-3-5-8(9)13-10(15-2)12-7-11/h3-6H,1-2H3,(H,12,13). The summed E-state index contributed by atoms with van der Waals surface area (Å²) in [6.45, 7) is 0. The molecule has 0 unspecified atom stereocenters. The molecule has 15 heavy (non-hydrogen) atoms. The second kappa shape index (κ2) is 5.94. The average molecular weight is 221 g/mol. The highest BCUT2D eigenvalue weighted by molar-refractivity contribution is 8.13. The van der Waals surface area contributed by atoms with Crippen molar-refractivity contribution in [2.45, 2.75) is 0 Å². The Morgan fingerprint density at radius 2 is 2.27 bits per heavy atom. The molecule has 0 aliphatic carbocycles. The summed E-state index contributed by atoms with van der Waals surface area (Å²) in [6, 6.07) is 7.39. The van der Waals surface area contributed by atoms with E-state index in [1.54, 1.807) is 7.11 Å². The van der Waals surface area contributed by atoms with Gasteiger partial charge >= 0.3 is 0 Å². The zero-order valence-corrected chi connectivity index (χ0v) is 9.34. The number of ether oxygens (including phenoxy) is 1. The molecule has 0 radical (unpaired) electrons. The van der Waals surface area contributed by atoms with Crippen molar-refractivity contribution in [3.8, 4) is 11.9 Å². The molecule has 1 aromatic rings. The molecule has 0 aliphatic heterocycles. The van der Waals surface area contributed by atoms with Crippen LogP contribution in [0, 0.1) is 11.5 Å². The van der Waals surface area contributed by atoms with E-state index in [9.17, 15) is 0 Å². The monoisotopic (exact) mass is 221 g/mol. The van der Waals surface area contributed by atoms with Gasteiger partial charge in [-0.3, -0.25) is 5.32 Å². The van der Waals surface area contributed by atoms with Crippen LogP contribution in [0.4, 0.5) is 5.69 Å². The lowest BCUT2D eigenvalue weighted by molar-refractivity contribution is 0.416. The molecule has 0 heterocycles. The Kier molecular flexibility index (Phi) is 4.51. The van der Waals surface area contributed by atoms with E-state index in [1.807, 2.05) is 36.7 Å². The quantitative estimate of drug-likeness (QED) is 0.359. The van der Waals surface area contributed by atoms with E-state index >= 15 is 0 Å². The van der Waals surface area contributed by atoms with E-state index in [0.717, 1.165) is 0 Å². The van der Waals surface area contributed by atoms with Crippen molar-refractivity contribution < 1.29 is 4.74 Å². The molecule has 78 valence electrons. The summed E-state index contributed by atoms with van der Waals surface area (Å²) in [5, 5.41) is 11.5. The second-order valence-corrected chi connectivity index (χ2v) is 3.32. The SMILES string of the molecule is COc1ccccc1N=C(NC#N)SC. The predicted octanol–water partition coefficient (Wildman–Crippen LogP) is 2.12. The zero-order valence-electron chi connectivity index (χ0n) is 8.52. The summed E-state index contributed by atoms with van der Waals surface area (Å²) in [6.07, 6.45) is 3.68. The van der Waals surface area contributed by atoms with Crippen LogP contribution in [0.3, 0.4) is 0 Å². The van der Waals surface area contributed by atoms with Crippen LogP contribution in [0.2, 0.25) is 0 Å². The van der Waals surface area contributed by atoms with Crippen molar-refractivity contribution in [1.82, 2.24) is 5.32 Å². The minimum atomic E-state index is 0.544. The third-order valence-electron chi connectivity index (χ3n) is 1.66. The summed E-state index contributed by atoms with van der Waals surface area (Å²) in [5.41, 5.74) is 0.701. The molecule has 0 fully saturated rings. The fourth-order valence-corrected chi connectivity index (χ4v) is 1.34. The van der Waals surface area contributed by atoms with Gasteiger partial charge in [0.25, 0.3) is 0 Å². The van der Waals surface area contributed by atoms with Crippen molar-refractivity contribution >= 4 is 22.6 Å². The molecule has 0 aliphatic rings. The largest absolute Gasteiger partial charge is 0.494 e. The first-order valence-electron chi connectivity index (χ1n) is 4.22. The van der Waals surface area contributed by atoms with Gasteiger partial charge in [0.15, 0.2) is 11.4 Å². The van der Waals surface area contributed by atoms with Gasteiger partial charge < -0.3 is 4.74 Å². The molecule has 5 heteroatoms. The Morgan fingerprint density at radius 1 is 1.53 bits per heavy atom. The number of nitriles is 1. The number of hydrogen-bond acceptors (Lipinski definition) is 4. The predicted molar refractivity (Wildman–Crippen MR) is 62.4 cm³/mol. The number of aliphatic imine (C=N–C) groups is 1. The van der Waals surface area contributed by atoms with Crippen LogP contribution in [-0.2, 0) is 0 Å². The third-order valence-corrected chi connectivity index (χ3v) is 2.24. The van der Waals surface area contributed by atoms with Gasteiger partial charge in [-0.2, -0.15) is 5.26 Å². The summed E-state index contributed by atoms with van der Waals surface area (Å²) < 4.78 is 5.14. The first-order valence-corrected chi connectivity index (χ1v) is 5.45. The number of hydrogen-bond donors (Lipinski definition) is 1. The number of nitrogens with one attached hydrogen (secondary N) is 1. The lowest BCUT2D eigenvalue weighted by Crippen LogP contribution is -2.12. The summed E-state index contributed by atoms with van der Waals surface area (Å²) in [4.78, 5) is 4.26. The number of thioether (sulfide) groups is 1. The summed E-state index contributed by atoms with van der Waals surface area (Å²) >= 11 is 1.37. The normalized spacial score (nSPS) is 10.6. The van der Waals surface area contributed by atoms with Gasteiger partial charge in [0.05, 0.1) is 7.11 Å². The Bertz CT molecular complexity index is 398. The van der Waals surface area contributed by atoms with Crippen LogP contribution in [-0.4, -0.2) is 18.5 Å². The van der Waals surface area contributed by atoms with Crippen LogP contribution in [0.1, 0.15) is 0 Å². The Morgan fingerprint density at radius 3 is 2.87 bits per heavy atom. The number of benzene rings is 1. The molecule has 0 amide bonds. The zero-order chi connectivity index (χ0) is 11.1. The van der Waals surface area contributed by atoms with Gasteiger partial charge in [-0.25, -0.2) is 4.99 Å². The fourth-order valence-electron chi connectivity index (χ4n) is 1.00. The summed E-state index contributed by atoms with van der Waals surface area (Å²) in [5.74, 6) is 0.684. The topological polar surface area (TPSA) is 57.4 Å². The van der Waals surface area contributed by atoms with Crippen molar-refractivity contribution in [3.63, 3.8) is 0 Å². The molecular weight excluding hydrogens is 210 g/mol. The van der Waals surface area contributed by atoms with Crippen molar-refractivity contribution in [2.24, 2.45) is 4.99 Å². The maximum atomic E-state index is 8.49. The first-order chi connectivity index (χ1) is 7.31. The molecule has 0 saturated carbocycles. The first kappa shape index (κ1) is 11.4. The van der Waals surface area contributed by atoms with E-state index in [0.29, 0.717) is 16.6 Å². The number of para-hydroxylation sites is 2. The summed E-state index contributed by atoms with van der Waals surface area (Å²) in [7, 11) is 1.59. The van der Waals surface area contributed by atoms with Crippen molar-refractivity contribution in [2.75, 3.05) is 13.4 Å². The fraction of sp³-hybridized carbons (Fsp3) is 0.200.